The van der Waals surface area contributed by atoms with E-state index in [0.29, 0.717) is 6.04 Å². The molecular weight excluding hydrogens is 322 g/mol. The molecule has 4 rings (SSSR count). The maximum absolute atomic E-state index is 4.34. The Hall–Kier alpha value is -3.10. The molecule has 26 heavy (non-hydrogen) atoms. The molecule has 0 spiro atoms. The van der Waals surface area contributed by atoms with Crippen molar-refractivity contribution in [3.63, 3.8) is 0 Å². The summed E-state index contributed by atoms with van der Waals surface area (Å²) in [6.07, 6.45) is 5.64. The van der Waals surface area contributed by atoms with Crippen LogP contribution in [0.25, 0.3) is 21.9 Å². The minimum Gasteiger partial charge on any atom is -0.346 e. The van der Waals surface area contributed by atoms with Gasteiger partial charge in [-0.15, -0.1) is 0 Å². The van der Waals surface area contributed by atoms with Crippen LogP contribution < -0.4 is 5.32 Å². The zero-order valence-electron chi connectivity index (χ0n) is 15.2. The van der Waals surface area contributed by atoms with Crippen LogP contribution >= 0.6 is 0 Å². The molecule has 1 aromatic carbocycles. The molecule has 5 heteroatoms. The first-order valence-electron chi connectivity index (χ1n) is 8.76. The van der Waals surface area contributed by atoms with Crippen LogP contribution in [0.2, 0.25) is 0 Å². The number of fused-ring (bicyclic) bond motifs is 2. The number of nitrogens with zero attached hydrogens (tertiary/aromatic N) is 3. The summed E-state index contributed by atoms with van der Waals surface area (Å²) in [4.78, 5) is 11.7. The van der Waals surface area contributed by atoms with Gasteiger partial charge in [-0.2, -0.15) is 0 Å². The lowest BCUT2D eigenvalue weighted by molar-refractivity contribution is 0.619. The highest BCUT2D eigenvalue weighted by molar-refractivity contribution is 5.89. The van der Waals surface area contributed by atoms with E-state index < -0.39 is 0 Å². The monoisotopic (exact) mass is 343 g/mol. The third kappa shape index (κ3) is 2.75. The normalized spacial score (nSPS) is 11.2. The molecular formula is C21H21N5. The number of H-pyrrole nitrogens is 1. The average molecular weight is 343 g/mol. The Bertz CT molecular complexity index is 1140. The van der Waals surface area contributed by atoms with Crippen LogP contribution in [0, 0.1) is 11.8 Å². The average Bonchev–Trinajstić information content (AvgIpc) is 3.26. The van der Waals surface area contributed by atoms with Gasteiger partial charge in [0.25, 0.3) is 0 Å². The Morgan fingerprint density at radius 2 is 2.04 bits per heavy atom. The number of hydrogen-bond acceptors (Lipinski definition) is 3. The van der Waals surface area contributed by atoms with Gasteiger partial charge in [-0.1, -0.05) is 18.1 Å². The van der Waals surface area contributed by atoms with Gasteiger partial charge >= 0.3 is 0 Å². The van der Waals surface area contributed by atoms with E-state index >= 15 is 0 Å². The number of aromatic amines is 1. The van der Waals surface area contributed by atoms with Gasteiger partial charge in [-0.05, 0) is 44.5 Å². The second kappa shape index (κ2) is 6.66. The van der Waals surface area contributed by atoms with E-state index in [0.717, 1.165) is 28.8 Å². The van der Waals surface area contributed by atoms with Crippen molar-refractivity contribution < 1.29 is 0 Å². The molecule has 0 unspecified atom stereocenters. The SMILES string of the molecule is CNCc1cn(C(C)C)c2c(C#Cc3ncnc4[nH]ccc34)cccc12. The van der Waals surface area contributed by atoms with Gasteiger partial charge in [0.2, 0.25) is 0 Å². The van der Waals surface area contributed by atoms with Gasteiger partial charge in [0.05, 0.1) is 10.9 Å². The Labute approximate surface area is 152 Å². The predicted molar refractivity (Wildman–Crippen MR) is 105 cm³/mol. The molecule has 3 heterocycles. The van der Waals surface area contributed by atoms with Crippen molar-refractivity contribution in [3.8, 4) is 11.8 Å². The first kappa shape index (κ1) is 16.4. The summed E-state index contributed by atoms with van der Waals surface area (Å²) in [7, 11) is 1.97. The second-order valence-electron chi connectivity index (χ2n) is 6.60. The Balaban J connectivity index is 1.89. The first-order chi connectivity index (χ1) is 12.7. The van der Waals surface area contributed by atoms with Gasteiger partial charge in [0.15, 0.2) is 0 Å². The summed E-state index contributed by atoms with van der Waals surface area (Å²) in [5.74, 6) is 6.58. The molecule has 2 N–H and O–H groups in total. The quantitative estimate of drug-likeness (QED) is 0.559. The first-order valence-corrected chi connectivity index (χ1v) is 8.76. The molecule has 0 bridgehead atoms. The van der Waals surface area contributed by atoms with E-state index in [1.165, 1.54) is 16.5 Å². The van der Waals surface area contributed by atoms with E-state index in [1.807, 2.05) is 19.3 Å². The van der Waals surface area contributed by atoms with Crippen molar-refractivity contribution in [2.45, 2.75) is 26.4 Å². The fourth-order valence-corrected chi connectivity index (χ4v) is 3.32. The smallest absolute Gasteiger partial charge is 0.141 e. The number of hydrogen-bond donors (Lipinski definition) is 2. The summed E-state index contributed by atoms with van der Waals surface area (Å²) in [6, 6.07) is 8.64. The number of nitrogens with one attached hydrogen (secondary N) is 2. The topological polar surface area (TPSA) is 58.5 Å². The van der Waals surface area contributed by atoms with Crippen molar-refractivity contribution in [2.24, 2.45) is 0 Å². The number of benzene rings is 1. The third-order valence-corrected chi connectivity index (χ3v) is 4.53. The summed E-state index contributed by atoms with van der Waals surface area (Å²) >= 11 is 0. The molecule has 0 aliphatic carbocycles. The minimum atomic E-state index is 0.362. The van der Waals surface area contributed by atoms with Crippen LogP contribution in [0.4, 0.5) is 0 Å². The number of aromatic nitrogens is 4. The molecule has 0 amide bonds. The summed E-state index contributed by atoms with van der Waals surface area (Å²) in [6.45, 7) is 5.23. The van der Waals surface area contributed by atoms with Crippen molar-refractivity contribution >= 4 is 21.9 Å². The predicted octanol–water partition coefficient (Wildman–Crippen LogP) is 3.61. The lowest BCUT2D eigenvalue weighted by Crippen LogP contribution is -2.04. The van der Waals surface area contributed by atoms with Gasteiger partial charge in [0.1, 0.15) is 17.7 Å². The molecule has 0 radical (unpaired) electrons. The minimum absolute atomic E-state index is 0.362. The molecule has 130 valence electrons. The van der Waals surface area contributed by atoms with E-state index in [2.05, 4.69) is 74.9 Å². The van der Waals surface area contributed by atoms with Gasteiger partial charge in [0, 0.05) is 35.9 Å². The van der Waals surface area contributed by atoms with Crippen LogP contribution in [0.15, 0.2) is 43.0 Å². The lowest BCUT2D eigenvalue weighted by Gasteiger charge is -2.10. The number of rotatable bonds is 3. The molecule has 5 nitrogen and oxygen atoms in total. The summed E-state index contributed by atoms with van der Waals surface area (Å²) in [5.41, 5.74) is 5.03. The Morgan fingerprint density at radius 1 is 1.15 bits per heavy atom. The van der Waals surface area contributed by atoms with Gasteiger partial charge in [-0.25, -0.2) is 9.97 Å². The highest BCUT2D eigenvalue weighted by Gasteiger charge is 2.13. The van der Waals surface area contributed by atoms with Crippen molar-refractivity contribution in [3.05, 3.63) is 59.8 Å². The zero-order valence-corrected chi connectivity index (χ0v) is 15.2. The standard InChI is InChI=1S/C21H21N5/c1-14(2)26-12-16(11-22-3)17-6-4-5-15(20(17)26)7-8-19-18-9-10-23-21(18)25-13-24-19/h4-6,9-10,12-14,22H,11H2,1-3H3,(H,23,24,25). The molecule has 4 aromatic rings. The highest BCUT2D eigenvalue weighted by Crippen LogP contribution is 2.27. The Kier molecular flexibility index (Phi) is 4.19. The summed E-state index contributed by atoms with van der Waals surface area (Å²) in [5, 5.41) is 5.44. The maximum Gasteiger partial charge on any atom is 0.141 e. The molecule has 3 aromatic heterocycles. The van der Waals surface area contributed by atoms with Crippen LogP contribution in [0.1, 0.15) is 36.7 Å². The molecule has 0 saturated heterocycles. The van der Waals surface area contributed by atoms with E-state index in [1.54, 1.807) is 6.33 Å². The molecule has 0 fully saturated rings. The van der Waals surface area contributed by atoms with Crippen molar-refractivity contribution in [1.82, 2.24) is 24.8 Å². The molecule has 0 atom stereocenters. The van der Waals surface area contributed by atoms with E-state index in [4.69, 9.17) is 0 Å². The zero-order chi connectivity index (χ0) is 18.1. The van der Waals surface area contributed by atoms with Crippen LogP contribution in [0.3, 0.4) is 0 Å². The second-order valence-corrected chi connectivity index (χ2v) is 6.60. The Morgan fingerprint density at radius 3 is 2.85 bits per heavy atom. The molecule has 0 aliphatic heterocycles. The van der Waals surface area contributed by atoms with Gasteiger partial charge in [-0.3, -0.25) is 0 Å². The fraction of sp³-hybridized carbons (Fsp3) is 0.238. The highest BCUT2D eigenvalue weighted by atomic mass is 15.0. The molecule has 0 aliphatic rings. The van der Waals surface area contributed by atoms with E-state index in [9.17, 15) is 0 Å². The van der Waals surface area contributed by atoms with Crippen LogP contribution in [-0.2, 0) is 6.54 Å². The molecule has 0 saturated carbocycles. The number of para-hydroxylation sites is 1. The van der Waals surface area contributed by atoms with Crippen LogP contribution in [0.5, 0.6) is 0 Å². The van der Waals surface area contributed by atoms with Gasteiger partial charge < -0.3 is 14.9 Å². The maximum atomic E-state index is 4.34. The lowest BCUT2D eigenvalue weighted by atomic mass is 10.1. The largest absolute Gasteiger partial charge is 0.346 e. The van der Waals surface area contributed by atoms with Crippen molar-refractivity contribution in [1.29, 1.82) is 0 Å². The van der Waals surface area contributed by atoms with Crippen molar-refractivity contribution in [2.75, 3.05) is 7.05 Å². The van der Waals surface area contributed by atoms with Crippen LogP contribution in [-0.4, -0.2) is 26.6 Å². The summed E-state index contributed by atoms with van der Waals surface area (Å²) < 4.78 is 2.30. The fourth-order valence-electron chi connectivity index (χ4n) is 3.32. The third-order valence-electron chi connectivity index (χ3n) is 4.53. The van der Waals surface area contributed by atoms with E-state index in [-0.39, 0.29) is 0 Å².